The largest absolute Gasteiger partial charge is 0.367 e. The topological polar surface area (TPSA) is 146 Å². The van der Waals surface area contributed by atoms with Crippen LogP contribution in [0.1, 0.15) is 28.8 Å². The number of carbonyl (C=O) groups excluding carboxylic acids is 1. The van der Waals surface area contributed by atoms with Crippen LogP contribution in [-0.4, -0.2) is 31.2 Å². The molecule has 0 spiro atoms. The van der Waals surface area contributed by atoms with Gasteiger partial charge in [-0.15, -0.1) is 0 Å². The van der Waals surface area contributed by atoms with Crippen molar-refractivity contribution in [2.24, 2.45) is 5.73 Å². The molecule has 0 saturated heterocycles. The minimum absolute atomic E-state index is 0.200. The van der Waals surface area contributed by atoms with Crippen molar-refractivity contribution in [2.45, 2.75) is 18.4 Å². The Balaban J connectivity index is 1.82. The molecule has 0 radical (unpaired) electrons. The second kappa shape index (κ2) is 5.53. The van der Waals surface area contributed by atoms with Crippen molar-refractivity contribution in [3.8, 4) is 18.0 Å². The van der Waals surface area contributed by atoms with Crippen molar-refractivity contribution >= 4 is 22.6 Å². The first-order valence-electron chi connectivity index (χ1n) is 7.79. The minimum atomic E-state index is -0.672. The van der Waals surface area contributed by atoms with Crippen LogP contribution in [0.2, 0.25) is 0 Å². The second-order valence-electron chi connectivity index (χ2n) is 6.08. The Hall–Kier alpha value is -3.98. The fourth-order valence-electron chi connectivity index (χ4n) is 2.66. The summed E-state index contributed by atoms with van der Waals surface area (Å²) < 4.78 is 1.50. The molecular weight excluding hydrogens is 332 g/mol. The van der Waals surface area contributed by atoms with E-state index in [0.29, 0.717) is 40.9 Å². The molecule has 0 unspecified atom stereocenters. The molecule has 1 amide bonds. The first-order valence-corrected chi connectivity index (χ1v) is 7.79. The van der Waals surface area contributed by atoms with Crippen LogP contribution in [0, 0.1) is 22.7 Å². The summed E-state index contributed by atoms with van der Waals surface area (Å²) in [5.41, 5.74) is 6.33. The van der Waals surface area contributed by atoms with Crippen molar-refractivity contribution in [3.63, 3.8) is 0 Å². The van der Waals surface area contributed by atoms with Gasteiger partial charge < -0.3 is 11.1 Å². The third-order valence-corrected chi connectivity index (χ3v) is 4.25. The second-order valence-corrected chi connectivity index (χ2v) is 6.08. The summed E-state index contributed by atoms with van der Waals surface area (Å²) in [5.74, 6) is -0.221. The third-order valence-electron chi connectivity index (χ3n) is 4.25. The molecule has 0 bridgehead atoms. The van der Waals surface area contributed by atoms with Crippen LogP contribution in [0.5, 0.6) is 0 Å². The highest BCUT2D eigenvalue weighted by Crippen LogP contribution is 2.39. The van der Waals surface area contributed by atoms with Gasteiger partial charge in [0, 0.05) is 23.8 Å². The van der Waals surface area contributed by atoms with E-state index in [-0.39, 0.29) is 5.56 Å². The van der Waals surface area contributed by atoms with Gasteiger partial charge >= 0.3 is 0 Å². The number of rotatable bonds is 4. The number of pyridine rings is 2. The molecule has 3 heterocycles. The number of nitrogens with two attached hydrogens (primary N) is 1. The van der Waals surface area contributed by atoms with Crippen molar-refractivity contribution in [3.05, 3.63) is 41.9 Å². The van der Waals surface area contributed by atoms with Crippen molar-refractivity contribution in [1.29, 1.82) is 10.5 Å². The van der Waals surface area contributed by atoms with E-state index in [9.17, 15) is 10.1 Å². The summed E-state index contributed by atoms with van der Waals surface area (Å²) in [4.78, 5) is 20.2. The average molecular weight is 344 g/mol. The first kappa shape index (κ1) is 15.5. The molecule has 9 heteroatoms. The van der Waals surface area contributed by atoms with E-state index < -0.39 is 11.4 Å². The SMILES string of the molecule is N#Cc1cnc2c(cnn2-c2cc(NC3(C#N)CC3)c(C(N)=O)cn2)c1. The highest BCUT2D eigenvalue weighted by Gasteiger charge is 2.43. The number of hydrogen-bond donors (Lipinski definition) is 2. The highest BCUT2D eigenvalue weighted by atomic mass is 16.1. The van der Waals surface area contributed by atoms with Gasteiger partial charge in [-0.1, -0.05) is 0 Å². The number of nitrogens with one attached hydrogen (secondary N) is 1. The van der Waals surface area contributed by atoms with Crippen molar-refractivity contribution in [2.75, 3.05) is 5.32 Å². The van der Waals surface area contributed by atoms with Gasteiger partial charge in [0.25, 0.3) is 5.91 Å². The molecular formula is C17H12N8O. The zero-order chi connectivity index (χ0) is 18.3. The summed E-state index contributed by atoms with van der Waals surface area (Å²) in [6, 6.07) is 7.54. The smallest absolute Gasteiger partial charge is 0.252 e. The summed E-state index contributed by atoms with van der Waals surface area (Å²) in [5, 5.41) is 26.3. The van der Waals surface area contributed by atoms with E-state index in [2.05, 4.69) is 26.5 Å². The maximum Gasteiger partial charge on any atom is 0.252 e. The Morgan fingerprint density at radius 1 is 1.23 bits per heavy atom. The molecule has 126 valence electrons. The maximum absolute atomic E-state index is 11.7. The van der Waals surface area contributed by atoms with Gasteiger partial charge in [0.1, 0.15) is 11.6 Å². The van der Waals surface area contributed by atoms with Gasteiger partial charge in [0.15, 0.2) is 11.5 Å². The quantitative estimate of drug-likeness (QED) is 0.724. The average Bonchev–Trinajstić information content (AvgIpc) is 3.30. The minimum Gasteiger partial charge on any atom is -0.367 e. The lowest BCUT2D eigenvalue weighted by atomic mass is 10.2. The Morgan fingerprint density at radius 2 is 2.04 bits per heavy atom. The molecule has 3 aromatic rings. The summed E-state index contributed by atoms with van der Waals surface area (Å²) in [7, 11) is 0. The van der Waals surface area contributed by atoms with Gasteiger partial charge in [0.2, 0.25) is 0 Å². The van der Waals surface area contributed by atoms with E-state index in [4.69, 9.17) is 11.0 Å². The van der Waals surface area contributed by atoms with Gasteiger partial charge in [-0.2, -0.15) is 20.3 Å². The molecule has 0 aliphatic heterocycles. The van der Waals surface area contributed by atoms with Gasteiger partial charge in [-0.25, -0.2) is 9.97 Å². The zero-order valence-electron chi connectivity index (χ0n) is 13.5. The first-order chi connectivity index (χ1) is 12.5. The van der Waals surface area contributed by atoms with Crippen LogP contribution in [-0.2, 0) is 0 Å². The number of primary amides is 1. The molecule has 0 aromatic carbocycles. The monoisotopic (exact) mass is 344 g/mol. The molecule has 26 heavy (non-hydrogen) atoms. The van der Waals surface area contributed by atoms with Crippen LogP contribution in [0.15, 0.2) is 30.7 Å². The molecule has 1 aliphatic carbocycles. The standard InChI is InChI=1S/C17H12N8O/c18-5-10-3-11-7-23-25(16(11)22-6-10)14-4-13(12(8-21-14)15(20)26)24-17(9-19)1-2-17/h3-4,6-8H,1-2H2,(H2,20,26)(H,21,24). The number of amides is 1. The Bertz CT molecular complexity index is 1130. The van der Waals surface area contributed by atoms with E-state index in [1.54, 1.807) is 18.3 Å². The van der Waals surface area contributed by atoms with Gasteiger partial charge in [-0.3, -0.25) is 4.79 Å². The zero-order valence-corrected chi connectivity index (χ0v) is 13.5. The highest BCUT2D eigenvalue weighted by molar-refractivity contribution is 5.98. The number of nitrogens with zero attached hydrogens (tertiary/aromatic N) is 6. The lowest BCUT2D eigenvalue weighted by Gasteiger charge is -2.14. The number of aromatic nitrogens is 4. The predicted octanol–water partition coefficient (Wildman–Crippen LogP) is 1.25. The Labute approximate surface area is 147 Å². The van der Waals surface area contributed by atoms with Crippen LogP contribution in [0.3, 0.4) is 0 Å². The van der Waals surface area contributed by atoms with E-state index in [1.807, 2.05) is 6.07 Å². The number of fused-ring (bicyclic) bond motifs is 1. The van der Waals surface area contributed by atoms with E-state index >= 15 is 0 Å². The molecule has 3 aromatic heterocycles. The molecule has 3 N–H and O–H groups in total. The number of anilines is 1. The van der Waals surface area contributed by atoms with Crippen LogP contribution in [0.25, 0.3) is 16.9 Å². The van der Waals surface area contributed by atoms with Crippen LogP contribution < -0.4 is 11.1 Å². The maximum atomic E-state index is 11.7. The van der Waals surface area contributed by atoms with Crippen LogP contribution >= 0.6 is 0 Å². The predicted molar refractivity (Wildman–Crippen MR) is 91.1 cm³/mol. The van der Waals surface area contributed by atoms with Gasteiger partial charge in [0.05, 0.1) is 29.1 Å². The fraction of sp³-hybridized carbons (Fsp3) is 0.176. The summed E-state index contributed by atoms with van der Waals surface area (Å²) >= 11 is 0. The fourth-order valence-corrected chi connectivity index (χ4v) is 2.66. The Morgan fingerprint density at radius 3 is 2.69 bits per heavy atom. The Kier molecular flexibility index (Phi) is 3.31. The lowest BCUT2D eigenvalue weighted by Crippen LogP contribution is -2.23. The number of hydrogen-bond acceptors (Lipinski definition) is 7. The normalized spacial score (nSPS) is 14.4. The third kappa shape index (κ3) is 2.48. The van der Waals surface area contributed by atoms with Gasteiger partial charge in [-0.05, 0) is 18.9 Å². The van der Waals surface area contributed by atoms with Crippen molar-refractivity contribution in [1.82, 2.24) is 19.7 Å². The van der Waals surface area contributed by atoms with E-state index in [1.165, 1.54) is 17.1 Å². The van der Waals surface area contributed by atoms with E-state index in [0.717, 1.165) is 0 Å². The molecule has 1 saturated carbocycles. The molecule has 4 rings (SSSR count). The van der Waals surface area contributed by atoms with Crippen LogP contribution in [0.4, 0.5) is 5.69 Å². The summed E-state index contributed by atoms with van der Waals surface area (Å²) in [6.07, 6.45) is 5.78. The number of nitriles is 2. The lowest BCUT2D eigenvalue weighted by molar-refractivity contribution is 0.100. The molecule has 1 fully saturated rings. The molecule has 0 atom stereocenters. The molecule has 1 aliphatic rings. The molecule has 9 nitrogen and oxygen atoms in total. The number of carbonyl (C=O) groups is 1. The van der Waals surface area contributed by atoms with Crippen molar-refractivity contribution < 1.29 is 4.79 Å². The summed E-state index contributed by atoms with van der Waals surface area (Å²) in [6.45, 7) is 0.